The molecule has 104 valence electrons. The molecule has 5 nitrogen and oxygen atoms in total. The van der Waals surface area contributed by atoms with Crippen molar-refractivity contribution >= 4 is 5.65 Å². The zero-order valence-electron chi connectivity index (χ0n) is 10.8. The fourth-order valence-corrected chi connectivity index (χ4v) is 2.07. The van der Waals surface area contributed by atoms with E-state index < -0.39 is 22.9 Å². The van der Waals surface area contributed by atoms with Gasteiger partial charge in [-0.05, 0) is 24.6 Å². The molecule has 7 heteroatoms. The predicted octanol–water partition coefficient (Wildman–Crippen LogP) is 1.94. The van der Waals surface area contributed by atoms with Crippen LogP contribution in [-0.2, 0) is 0 Å². The molecule has 0 N–H and O–H groups in total. The van der Waals surface area contributed by atoms with Gasteiger partial charge in [0.05, 0.1) is 5.56 Å². The van der Waals surface area contributed by atoms with Gasteiger partial charge in [-0.2, -0.15) is 9.94 Å². The van der Waals surface area contributed by atoms with E-state index in [0.717, 1.165) is 22.4 Å². The van der Waals surface area contributed by atoms with E-state index in [9.17, 15) is 13.6 Å². The van der Waals surface area contributed by atoms with Crippen LogP contribution in [0, 0.1) is 29.9 Å². The first-order chi connectivity index (χ1) is 10.0. The molecule has 1 aromatic carbocycles. The van der Waals surface area contributed by atoms with Gasteiger partial charge in [0.1, 0.15) is 17.6 Å². The molecule has 0 saturated carbocycles. The summed E-state index contributed by atoms with van der Waals surface area (Å²) >= 11 is 0. The Bertz CT molecular complexity index is 965. The molecule has 0 atom stereocenters. The zero-order chi connectivity index (χ0) is 15.1. The van der Waals surface area contributed by atoms with E-state index in [0.29, 0.717) is 5.65 Å². The molecule has 0 radical (unpaired) electrons. The van der Waals surface area contributed by atoms with E-state index in [1.165, 1.54) is 16.7 Å². The van der Waals surface area contributed by atoms with Crippen molar-refractivity contribution in [2.75, 3.05) is 0 Å². The van der Waals surface area contributed by atoms with Crippen molar-refractivity contribution in [3.63, 3.8) is 0 Å². The van der Waals surface area contributed by atoms with Crippen LogP contribution in [0.25, 0.3) is 11.3 Å². The number of hydrogen-bond acceptors (Lipinski definition) is 3. The fourth-order valence-electron chi connectivity index (χ4n) is 2.07. The minimum atomic E-state index is -0.908. The van der Waals surface area contributed by atoms with Crippen LogP contribution in [-0.4, -0.2) is 14.2 Å². The summed E-state index contributed by atoms with van der Waals surface area (Å²) in [5, 5.41) is 12.7. The Morgan fingerprint density at radius 2 is 2.05 bits per heavy atom. The van der Waals surface area contributed by atoms with Crippen molar-refractivity contribution in [2.24, 2.45) is 0 Å². The minimum Gasteiger partial charge on any atom is -0.250 e. The van der Waals surface area contributed by atoms with Gasteiger partial charge in [0.2, 0.25) is 0 Å². The highest BCUT2D eigenvalue weighted by Gasteiger charge is 2.16. The van der Waals surface area contributed by atoms with Crippen molar-refractivity contribution < 1.29 is 8.78 Å². The van der Waals surface area contributed by atoms with Gasteiger partial charge in [-0.15, -0.1) is 5.10 Å². The highest BCUT2D eigenvalue weighted by atomic mass is 19.1. The number of halogens is 2. The molecule has 21 heavy (non-hydrogen) atoms. The van der Waals surface area contributed by atoms with Crippen LogP contribution in [0.15, 0.2) is 35.3 Å². The number of hydrogen-bond donors (Lipinski definition) is 0. The lowest BCUT2D eigenvalue weighted by Crippen LogP contribution is -2.20. The third kappa shape index (κ3) is 1.89. The Morgan fingerprint density at radius 1 is 1.29 bits per heavy atom. The second-order valence-electron chi connectivity index (χ2n) is 4.47. The topological polar surface area (TPSA) is 63.1 Å². The van der Waals surface area contributed by atoms with Gasteiger partial charge in [0, 0.05) is 12.3 Å². The molecule has 0 aliphatic rings. The molecule has 0 amide bonds. The van der Waals surface area contributed by atoms with Gasteiger partial charge in [-0.25, -0.2) is 18.0 Å². The number of aromatic nitrogens is 3. The number of aryl methyl sites for hydroxylation is 1. The molecular formula is C14H8F2N4O. The van der Waals surface area contributed by atoms with Crippen molar-refractivity contribution in [1.82, 2.24) is 14.2 Å². The van der Waals surface area contributed by atoms with Crippen LogP contribution in [0.1, 0.15) is 11.1 Å². The maximum Gasteiger partial charge on any atom is 0.355 e. The van der Waals surface area contributed by atoms with Gasteiger partial charge >= 0.3 is 5.69 Å². The van der Waals surface area contributed by atoms with Crippen LogP contribution in [0.5, 0.6) is 0 Å². The summed E-state index contributed by atoms with van der Waals surface area (Å²) in [6, 6.07) is 6.48. The largest absolute Gasteiger partial charge is 0.355 e. The van der Waals surface area contributed by atoms with E-state index in [4.69, 9.17) is 5.26 Å². The summed E-state index contributed by atoms with van der Waals surface area (Å²) in [4.78, 5) is 12.2. The number of fused-ring (bicyclic) bond motifs is 1. The maximum atomic E-state index is 14.0. The standard InChI is InChI=1S/C14H8F2N4O/c1-8-3-2-4-19-13(8)18-20(14(19)21)12-6-10(15)9(7-17)5-11(12)16/h2-6H,1H3. The SMILES string of the molecule is Cc1cccn2c(=O)n(-c3cc(F)c(C#N)cc3F)nc12. The maximum absolute atomic E-state index is 14.0. The van der Waals surface area contributed by atoms with E-state index >= 15 is 0 Å². The molecule has 0 saturated heterocycles. The number of pyridine rings is 1. The first-order valence-corrected chi connectivity index (χ1v) is 5.99. The molecule has 2 aromatic heterocycles. The van der Waals surface area contributed by atoms with Crippen LogP contribution < -0.4 is 5.69 Å². The van der Waals surface area contributed by atoms with E-state index in [1.807, 2.05) is 0 Å². The number of nitrogens with zero attached hydrogens (tertiary/aromatic N) is 4. The molecule has 3 rings (SSSR count). The lowest BCUT2D eigenvalue weighted by atomic mass is 10.2. The smallest absolute Gasteiger partial charge is 0.250 e. The summed E-state index contributed by atoms with van der Waals surface area (Å²) in [5.41, 5.74) is -0.296. The highest BCUT2D eigenvalue weighted by Crippen LogP contribution is 2.17. The summed E-state index contributed by atoms with van der Waals surface area (Å²) in [6.45, 7) is 1.75. The average Bonchev–Trinajstić information content (AvgIpc) is 2.80. The molecule has 0 bridgehead atoms. The Hall–Kier alpha value is -3.01. The normalized spacial score (nSPS) is 10.8. The van der Waals surface area contributed by atoms with Crippen molar-refractivity contribution in [3.05, 3.63) is 63.7 Å². The number of nitriles is 1. The lowest BCUT2D eigenvalue weighted by Gasteiger charge is -2.02. The molecule has 2 heterocycles. The molecular weight excluding hydrogens is 278 g/mol. The third-order valence-electron chi connectivity index (χ3n) is 3.13. The van der Waals surface area contributed by atoms with Gasteiger partial charge in [-0.3, -0.25) is 0 Å². The quantitative estimate of drug-likeness (QED) is 0.686. The Kier molecular flexibility index (Phi) is 2.80. The second kappa shape index (κ2) is 4.52. The van der Waals surface area contributed by atoms with E-state index in [1.54, 1.807) is 19.1 Å². The summed E-state index contributed by atoms with van der Waals surface area (Å²) in [7, 11) is 0. The van der Waals surface area contributed by atoms with Crippen molar-refractivity contribution in [1.29, 1.82) is 5.26 Å². The van der Waals surface area contributed by atoms with Crippen molar-refractivity contribution in [3.8, 4) is 11.8 Å². The van der Waals surface area contributed by atoms with Crippen LogP contribution in [0.4, 0.5) is 8.78 Å². The molecule has 0 spiro atoms. The summed E-state index contributed by atoms with van der Waals surface area (Å²) in [5.74, 6) is -1.80. The van der Waals surface area contributed by atoms with Crippen molar-refractivity contribution in [2.45, 2.75) is 6.92 Å². The summed E-state index contributed by atoms with van der Waals surface area (Å²) < 4.78 is 29.6. The van der Waals surface area contributed by atoms with E-state index in [2.05, 4.69) is 5.10 Å². The van der Waals surface area contributed by atoms with Gasteiger partial charge < -0.3 is 0 Å². The lowest BCUT2D eigenvalue weighted by molar-refractivity contribution is 0.582. The number of rotatable bonds is 1. The zero-order valence-corrected chi connectivity index (χ0v) is 10.8. The van der Waals surface area contributed by atoms with Crippen LogP contribution in [0.2, 0.25) is 0 Å². The Morgan fingerprint density at radius 3 is 2.71 bits per heavy atom. The predicted molar refractivity (Wildman–Crippen MR) is 70.2 cm³/mol. The molecule has 0 fully saturated rings. The molecule has 0 aliphatic carbocycles. The Labute approximate surface area is 117 Å². The third-order valence-corrected chi connectivity index (χ3v) is 3.13. The molecule has 0 unspecified atom stereocenters. The number of benzene rings is 1. The second-order valence-corrected chi connectivity index (χ2v) is 4.47. The highest BCUT2D eigenvalue weighted by molar-refractivity contribution is 5.48. The fraction of sp³-hybridized carbons (Fsp3) is 0.0714. The van der Waals surface area contributed by atoms with Gasteiger partial charge in [0.25, 0.3) is 0 Å². The molecule has 0 aliphatic heterocycles. The van der Waals surface area contributed by atoms with Gasteiger partial charge in [-0.1, -0.05) is 6.07 Å². The summed E-state index contributed by atoms with van der Waals surface area (Å²) in [6.07, 6.45) is 1.49. The first-order valence-electron chi connectivity index (χ1n) is 5.99. The Balaban J connectivity index is 2.34. The minimum absolute atomic E-state index is 0.334. The van der Waals surface area contributed by atoms with Crippen LogP contribution in [0.3, 0.4) is 0 Å². The first kappa shape index (κ1) is 13.0. The average molecular weight is 286 g/mol. The van der Waals surface area contributed by atoms with Gasteiger partial charge in [0.15, 0.2) is 11.5 Å². The van der Waals surface area contributed by atoms with E-state index in [-0.39, 0.29) is 5.69 Å². The van der Waals surface area contributed by atoms with Crippen LogP contribution >= 0.6 is 0 Å². The monoisotopic (exact) mass is 286 g/mol. The molecule has 3 aromatic rings.